The molecular weight excluding hydrogens is 284 g/mol. The second-order valence-corrected chi connectivity index (χ2v) is 6.14. The molecule has 0 fully saturated rings. The van der Waals surface area contributed by atoms with Crippen LogP contribution in [0.25, 0.3) is 0 Å². The molecule has 0 bridgehead atoms. The van der Waals surface area contributed by atoms with Gasteiger partial charge >= 0.3 is 5.97 Å². The quantitative estimate of drug-likeness (QED) is 0.827. The molecule has 18 heavy (non-hydrogen) atoms. The van der Waals surface area contributed by atoms with E-state index in [-0.39, 0.29) is 22.6 Å². The molecule has 1 N–H and O–H groups in total. The lowest BCUT2D eigenvalue weighted by molar-refractivity contribution is 0.0696. The van der Waals surface area contributed by atoms with Crippen molar-refractivity contribution >= 4 is 25.7 Å². The molecule has 0 atom stereocenters. The molecule has 0 aromatic heterocycles. The lowest BCUT2D eigenvalue weighted by atomic mass is 10.1. The molecular formula is C10H11ClO6S. The monoisotopic (exact) mass is 294 g/mol. The van der Waals surface area contributed by atoms with Gasteiger partial charge in [0.2, 0.25) is 9.05 Å². The minimum atomic E-state index is -3.83. The third kappa shape index (κ3) is 3.51. The molecule has 1 rings (SSSR count). The third-order valence-corrected chi connectivity index (χ3v) is 3.11. The van der Waals surface area contributed by atoms with E-state index in [0.717, 1.165) is 0 Å². The zero-order valence-corrected chi connectivity index (χ0v) is 11.2. The highest BCUT2D eigenvalue weighted by atomic mass is 35.7. The van der Waals surface area contributed by atoms with Gasteiger partial charge in [0.05, 0.1) is 25.5 Å². The topological polar surface area (TPSA) is 89.9 Å². The van der Waals surface area contributed by atoms with Crippen molar-refractivity contribution < 1.29 is 27.8 Å². The summed E-state index contributed by atoms with van der Waals surface area (Å²) < 4.78 is 32.1. The Bertz CT molecular complexity index is 566. The number of carboxylic acid groups (broad SMARTS) is 1. The summed E-state index contributed by atoms with van der Waals surface area (Å²) in [4.78, 5) is 10.9. The van der Waals surface area contributed by atoms with Crippen LogP contribution in [0.15, 0.2) is 12.1 Å². The van der Waals surface area contributed by atoms with E-state index in [2.05, 4.69) is 0 Å². The SMILES string of the molecule is COc1cc(C(=O)O)cc(CS(=O)(=O)Cl)c1OC. The average Bonchev–Trinajstić information content (AvgIpc) is 2.25. The van der Waals surface area contributed by atoms with Crippen molar-refractivity contribution in [2.45, 2.75) is 5.75 Å². The molecule has 0 saturated heterocycles. The summed E-state index contributed by atoms with van der Waals surface area (Å²) >= 11 is 0. The van der Waals surface area contributed by atoms with Crippen LogP contribution in [0.3, 0.4) is 0 Å². The Morgan fingerprint density at radius 2 is 1.94 bits per heavy atom. The van der Waals surface area contributed by atoms with E-state index in [4.69, 9.17) is 25.3 Å². The highest BCUT2D eigenvalue weighted by Gasteiger charge is 2.19. The molecule has 100 valence electrons. The third-order valence-electron chi connectivity index (χ3n) is 2.13. The number of rotatable bonds is 5. The Labute approximate surface area is 109 Å². The fourth-order valence-corrected chi connectivity index (χ4v) is 2.40. The van der Waals surface area contributed by atoms with Crippen molar-refractivity contribution in [3.8, 4) is 11.5 Å². The van der Waals surface area contributed by atoms with Crippen LogP contribution in [0.2, 0.25) is 0 Å². The van der Waals surface area contributed by atoms with Crippen LogP contribution in [0.5, 0.6) is 11.5 Å². The highest BCUT2D eigenvalue weighted by Crippen LogP contribution is 2.34. The van der Waals surface area contributed by atoms with Crippen LogP contribution in [-0.4, -0.2) is 33.7 Å². The number of carbonyl (C=O) groups is 1. The van der Waals surface area contributed by atoms with Gasteiger partial charge in [-0.1, -0.05) is 0 Å². The Hall–Kier alpha value is -1.47. The minimum absolute atomic E-state index is 0.108. The van der Waals surface area contributed by atoms with Crippen LogP contribution < -0.4 is 9.47 Å². The van der Waals surface area contributed by atoms with Gasteiger partial charge in [-0.15, -0.1) is 0 Å². The maximum absolute atomic E-state index is 11.1. The minimum Gasteiger partial charge on any atom is -0.493 e. The van der Waals surface area contributed by atoms with Crippen LogP contribution >= 0.6 is 10.7 Å². The summed E-state index contributed by atoms with van der Waals surface area (Å²) in [5.41, 5.74) is 0.0206. The number of hydrogen-bond donors (Lipinski definition) is 1. The lowest BCUT2D eigenvalue weighted by Gasteiger charge is -2.13. The maximum Gasteiger partial charge on any atom is 0.335 e. The first-order valence-electron chi connectivity index (χ1n) is 4.69. The second kappa shape index (κ2) is 5.45. The molecule has 0 unspecified atom stereocenters. The van der Waals surface area contributed by atoms with E-state index in [9.17, 15) is 13.2 Å². The molecule has 0 aliphatic heterocycles. The molecule has 0 spiro atoms. The normalized spacial score (nSPS) is 11.1. The number of halogens is 1. The van der Waals surface area contributed by atoms with E-state index in [1.54, 1.807) is 0 Å². The zero-order chi connectivity index (χ0) is 13.9. The first kappa shape index (κ1) is 14.6. The van der Waals surface area contributed by atoms with Gasteiger partial charge in [0, 0.05) is 16.2 Å². The fraction of sp³-hybridized carbons (Fsp3) is 0.300. The Morgan fingerprint density at radius 3 is 2.33 bits per heavy atom. The average molecular weight is 295 g/mol. The van der Waals surface area contributed by atoms with E-state index >= 15 is 0 Å². The summed E-state index contributed by atoms with van der Waals surface area (Å²) in [7, 11) is 3.96. The molecule has 0 amide bonds. The molecule has 0 saturated carbocycles. The lowest BCUT2D eigenvalue weighted by Crippen LogP contribution is -2.05. The Balaban J connectivity index is 3.45. The van der Waals surface area contributed by atoms with Crippen molar-refractivity contribution in [2.75, 3.05) is 14.2 Å². The molecule has 1 aromatic carbocycles. The largest absolute Gasteiger partial charge is 0.493 e. The van der Waals surface area contributed by atoms with E-state index in [1.807, 2.05) is 0 Å². The summed E-state index contributed by atoms with van der Waals surface area (Å²) in [5, 5.41) is 8.91. The first-order chi connectivity index (χ1) is 8.28. The van der Waals surface area contributed by atoms with Gasteiger partial charge in [-0.3, -0.25) is 0 Å². The summed E-state index contributed by atoms with van der Waals surface area (Å²) in [6.45, 7) is 0. The number of aromatic carboxylic acids is 1. The number of ether oxygens (including phenoxy) is 2. The second-order valence-electron chi connectivity index (χ2n) is 3.36. The summed E-state index contributed by atoms with van der Waals surface area (Å²) in [6.07, 6.45) is 0. The van der Waals surface area contributed by atoms with Gasteiger partial charge in [0.15, 0.2) is 11.5 Å². The summed E-state index contributed by atoms with van der Waals surface area (Å²) in [6, 6.07) is 2.43. The van der Waals surface area contributed by atoms with Gasteiger partial charge < -0.3 is 14.6 Å². The molecule has 0 heterocycles. The number of methoxy groups -OCH3 is 2. The number of hydrogen-bond acceptors (Lipinski definition) is 5. The number of carboxylic acids is 1. The van der Waals surface area contributed by atoms with Crippen molar-refractivity contribution in [3.05, 3.63) is 23.3 Å². The zero-order valence-electron chi connectivity index (χ0n) is 9.64. The number of benzene rings is 1. The molecule has 0 aliphatic carbocycles. The maximum atomic E-state index is 11.1. The fourth-order valence-electron chi connectivity index (χ4n) is 1.46. The molecule has 0 radical (unpaired) electrons. The van der Waals surface area contributed by atoms with E-state index in [1.165, 1.54) is 26.4 Å². The van der Waals surface area contributed by atoms with Crippen molar-refractivity contribution in [1.29, 1.82) is 0 Å². The smallest absolute Gasteiger partial charge is 0.335 e. The van der Waals surface area contributed by atoms with Crippen LogP contribution in [0, 0.1) is 0 Å². The van der Waals surface area contributed by atoms with Gasteiger partial charge in [-0.2, -0.15) is 0 Å². The predicted octanol–water partition coefficient (Wildman–Crippen LogP) is 1.47. The van der Waals surface area contributed by atoms with E-state index in [0.29, 0.717) is 0 Å². The van der Waals surface area contributed by atoms with Crippen molar-refractivity contribution in [3.63, 3.8) is 0 Å². The van der Waals surface area contributed by atoms with Crippen molar-refractivity contribution in [1.82, 2.24) is 0 Å². The Morgan fingerprint density at radius 1 is 1.33 bits per heavy atom. The van der Waals surface area contributed by atoms with Crippen LogP contribution in [0.1, 0.15) is 15.9 Å². The first-order valence-corrected chi connectivity index (χ1v) is 7.17. The molecule has 1 aromatic rings. The Kier molecular flexibility index (Phi) is 4.42. The molecule has 6 nitrogen and oxygen atoms in total. The van der Waals surface area contributed by atoms with Gasteiger partial charge in [0.1, 0.15) is 0 Å². The summed E-state index contributed by atoms with van der Waals surface area (Å²) in [5.74, 6) is -1.47. The van der Waals surface area contributed by atoms with E-state index < -0.39 is 20.8 Å². The molecule has 0 aliphatic rings. The van der Waals surface area contributed by atoms with Crippen LogP contribution in [0.4, 0.5) is 0 Å². The highest BCUT2D eigenvalue weighted by molar-refractivity contribution is 8.13. The van der Waals surface area contributed by atoms with Gasteiger partial charge in [0.25, 0.3) is 0 Å². The van der Waals surface area contributed by atoms with Gasteiger partial charge in [-0.05, 0) is 12.1 Å². The molecule has 8 heteroatoms. The predicted molar refractivity (Wildman–Crippen MR) is 65.0 cm³/mol. The van der Waals surface area contributed by atoms with Crippen LogP contribution in [-0.2, 0) is 14.8 Å². The standard InChI is InChI=1S/C10H11ClO6S/c1-16-8-4-6(10(12)13)3-7(9(8)17-2)5-18(11,14)15/h3-4H,5H2,1-2H3,(H,12,13). The van der Waals surface area contributed by atoms with Gasteiger partial charge in [-0.25, -0.2) is 13.2 Å². The van der Waals surface area contributed by atoms with Crippen molar-refractivity contribution in [2.24, 2.45) is 0 Å².